The number of alkyl halides is 6. The monoisotopic (exact) mass is 457 g/mol. The van der Waals surface area contributed by atoms with Gasteiger partial charge in [0.1, 0.15) is 6.10 Å². The van der Waals surface area contributed by atoms with Gasteiger partial charge in [-0.3, -0.25) is 0 Å². The Morgan fingerprint density at radius 2 is 1.50 bits per heavy atom. The molecule has 4 nitrogen and oxygen atoms in total. The predicted octanol–water partition coefficient (Wildman–Crippen LogP) is 6.29. The lowest BCUT2D eigenvalue weighted by Crippen LogP contribution is -2.42. The Morgan fingerprint density at radius 3 is 1.93 bits per heavy atom. The first-order chi connectivity index (χ1) is 13.4. The first-order valence-electron chi connectivity index (χ1n) is 9.32. The molecule has 0 unspecified atom stereocenters. The number of amides is 1. The van der Waals surface area contributed by atoms with Crippen molar-refractivity contribution >= 4 is 14.4 Å². The molecule has 0 spiro atoms. The lowest BCUT2D eigenvalue weighted by atomic mass is 9.96. The smallest absolute Gasteiger partial charge is 0.416 e. The van der Waals surface area contributed by atoms with E-state index in [0.29, 0.717) is 12.1 Å². The molecule has 2 atom stereocenters. The van der Waals surface area contributed by atoms with Crippen LogP contribution in [-0.2, 0) is 21.5 Å². The molecule has 1 amide bonds. The average molecular weight is 457 g/mol. The van der Waals surface area contributed by atoms with Crippen LogP contribution in [0.15, 0.2) is 18.2 Å². The second-order valence-electron chi connectivity index (χ2n) is 8.81. The van der Waals surface area contributed by atoms with Crippen molar-refractivity contribution in [2.45, 2.75) is 69.8 Å². The Morgan fingerprint density at radius 1 is 1.00 bits per heavy atom. The highest BCUT2D eigenvalue weighted by molar-refractivity contribution is 6.74. The van der Waals surface area contributed by atoms with Gasteiger partial charge in [-0.15, -0.1) is 0 Å². The van der Waals surface area contributed by atoms with Crippen molar-refractivity contribution in [1.82, 2.24) is 5.32 Å². The largest absolute Gasteiger partial charge is 0.439 e. The number of halogens is 6. The van der Waals surface area contributed by atoms with Gasteiger partial charge in [-0.1, -0.05) is 20.8 Å². The maximum absolute atomic E-state index is 13.1. The molecule has 0 radical (unpaired) electrons. The van der Waals surface area contributed by atoms with Gasteiger partial charge in [0.05, 0.1) is 17.2 Å². The van der Waals surface area contributed by atoms with E-state index in [2.05, 4.69) is 5.32 Å². The summed E-state index contributed by atoms with van der Waals surface area (Å²) in [5.74, 6) is 0. The number of hydrogen-bond acceptors (Lipinski definition) is 3. The van der Waals surface area contributed by atoms with Crippen LogP contribution in [-0.4, -0.2) is 27.1 Å². The first kappa shape index (κ1) is 24.5. The molecule has 11 heteroatoms. The fourth-order valence-electron chi connectivity index (χ4n) is 2.78. The number of benzene rings is 1. The molecular weight excluding hydrogens is 432 g/mol. The number of hydrogen-bond donors (Lipinski definition) is 1. The van der Waals surface area contributed by atoms with Crippen molar-refractivity contribution in [2.75, 3.05) is 6.61 Å². The van der Waals surface area contributed by atoms with Gasteiger partial charge >= 0.3 is 18.4 Å². The van der Waals surface area contributed by atoms with Crippen LogP contribution in [0.5, 0.6) is 0 Å². The summed E-state index contributed by atoms with van der Waals surface area (Å²) in [7, 11) is -2.11. The average Bonchev–Trinajstić information content (AvgIpc) is 2.92. The first-order valence-corrected chi connectivity index (χ1v) is 12.2. The number of cyclic esters (lactones) is 1. The Bertz CT molecular complexity index is 754. The highest BCUT2D eigenvalue weighted by atomic mass is 28.4. The molecule has 1 saturated heterocycles. The molecular formula is C19H25F6NO3Si. The van der Waals surface area contributed by atoms with Crippen LogP contribution in [0.4, 0.5) is 31.1 Å². The van der Waals surface area contributed by atoms with E-state index in [4.69, 9.17) is 9.16 Å². The minimum Gasteiger partial charge on any atom is -0.439 e. The summed E-state index contributed by atoms with van der Waals surface area (Å²) in [4.78, 5) is 11.7. The fourth-order valence-corrected chi connectivity index (χ4v) is 3.84. The Labute approximate surface area is 172 Å². The zero-order valence-corrected chi connectivity index (χ0v) is 18.3. The van der Waals surface area contributed by atoms with E-state index < -0.39 is 50.0 Å². The van der Waals surface area contributed by atoms with E-state index in [1.807, 2.05) is 33.9 Å². The van der Waals surface area contributed by atoms with Gasteiger partial charge in [-0.2, -0.15) is 26.3 Å². The van der Waals surface area contributed by atoms with E-state index >= 15 is 0 Å². The third kappa shape index (κ3) is 5.69. The van der Waals surface area contributed by atoms with Crippen LogP contribution in [0.2, 0.25) is 18.1 Å². The van der Waals surface area contributed by atoms with Crippen LogP contribution in [0.3, 0.4) is 0 Å². The van der Waals surface area contributed by atoms with E-state index in [0.717, 1.165) is 0 Å². The second-order valence-corrected chi connectivity index (χ2v) is 13.6. The second kappa shape index (κ2) is 8.06. The molecule has 2 rings (SSSR count). The molecule has 1 aromatic carbocycles. The lowest BCUT2D eigenvalue weighted by molar-refractivity contribution is -0.143. The topological polar surface area (TPSA) is 47.6 Å². The minimum atomic E-state index is -4.98. The highest BCUT2D eigenvalue weighted by Gasteiger charge is 2.42. The quantitative estimate of drug-likeness (QED) is 0.418. The maximum Gasteiger partial charge on any atom is 0.416 e. The standard InChI is InChI=1S/C19H25F6NO3Si/c1-17(2,3)30(4,5)28-7-6-14-15(29-16(27)26-14)11-8-12(18(20,21)22)10-13(9-11)19(23,24)25/h8-10,14-15H,6-7H2,1-5H3,(H,26,27)/t14-,15+/m0/s1. The Kier molecular flexibility index (Phi) is 6.59. The van der Waals surface area contributed by atoms with Crippen LogP contribution in [0, 0.1) is 0 Å². The maximum atomic E-state index is 13.1. The van der Waals surface area contributed by atoms with Gasteiger partial charge < -0.3 is 14.5 Å². The molecule has 0 aromatic heterocycles. The van der Waals surface area contributed by atoms with Gasteiger partial charge in [0.2, 0.25) is 0 Å². The van der Waals surface area contributed by atoms with Crippen LogP contribution >= 0.6 is 0 Å². The van der Waals surface area contributed by atoms with E-state index in [-0.39, 0.29) is 29.7 Å². The summed E-state index contributed by atoms with van der Waals surface area (Å²) >= 11 is 0. The van der Waals surface area contributed by atoms with Gasteiger partial charge in [0.15, 0.2) is 8.32 Å². The van der Waals surface area contributed by atoms with Gasteiger partial charge in [-0.25, -0.2) is 4.79 Å². The van der Waals surface area contributed by atoms with Gasteiger partial charge in [-0.05, 0) is 48.3 Å². The van der Waals surface area contributed by atoms with E-state index in [1.165, 1.54) is 0 Å². The fraction of sp³-hybridized carbons (Fsp3) is 0.632. The number of rotatable bonds is 5. The van der Waals surface area contributed by atoms with Crippen molar-refractivity contribution in [2.24, 2.45) is 0 Å². The molecule has 170 valence electrons. The summed E-state index contributed by atoms with van der Waals surface area (Å²) in [5.41, 5.74) is -3.27. The molecule has 1 aliphatic heterocycles. The van der Waals surface area contributed by atoms with E-state index in [9.17, 15) is 31.1 Å². The number of ether oxygens (including phenoxy) is 1. The molecule has 30 heavy (non-hydrogen) atoms. The summed E-state index contributed by atoms with van der Waals surface area (Å²) in [5, 5.41) is 2.38. The zero-order chi connectivity index (χ0) is 23.1. The van der Waals surface area contributed by atoms with Crippen molar-refractivity contribution in [3.63, 3.8) is 0 Å². The van der Waals surface area contributed by atoms with Crippen LogP contribution in [0.25, 0.3) is 0 Å². The van der Waals surface area contributed by atoms with Crippen molar-refractivity contribution in [3.8, 4) is 0 Å². The number of carbonyl (C=O) groups is 1. The minimum absolute atomic E-state index is 0.0449. The van der Waals surface area contributed by atoms with Gasteiger partial charge in [0, 0.05) is 6.61 Å². The number of carbonyl (C=O) groups excluding carboxylic acids is 1. The van der Waals surface area contributed by atoms with Crippen molar-refractivity contribution < 1.29 is 40.3 Å². The third-order valence-corrected chi connectivity index (χ3v) is 10.1. The summed E-state index contributed by atoms with van der Waals surface area (Å²) < 4.78 is 89.8. The number of alkyl carbamates (subject to hydrolysis) is 1. The van der Waals surface area contributed by atoms with Crippen LogP contribution < -0.4 is 5.32 Å². The Hall–Kier alpha value is -1.75. The highest BCUT2D eigenvalue weighted by Crippen LogP contribution is 2.40. The van der Waals surface area contributed by atoms with Crippen LogP contribution in [0.1, 0.15) is 50.0 Å². The molecule has 1 heterocycles. The summed E-state index contributed by atoms with van der Waals surface area (Å²) in [6.45, 7) is 10.3. The molecule has 1 aliphatic rings. The lowest BCUT2D eigenvalue weighted by Gasteiger charge is -2.36. The van der Waals surface area contributed by atoms with E-state index in [1.54, 1.807) is 0 Å². The molecule has 1 fully saturated rings. The molecule has 1 aromatic rings. The molecule has 0 saturated carbocycles. The zero-order valence-electron chi connectivity index (χ0n) is 17.3. The summed E-state index contributed by atoms with van der Waals surface area (Å²) in [6.07, 6.45) is -12.0. The van der Waals surface area contributed by atoms with Crippen molar-refractivity contribution in [1.29, 1.82) is 0 Å². The third-order valence-electron chi connectivity index (χ3n) is 5.54. The molecule has 1 N–H and O–H groups in total. The van der Waals surface area contributed by atoms with Gasteiger partial charge in [0.25, 0.3) is 0 Å². The molecule has 0 aliphatic carbocycles. The Balaban J connectivity index is 2.29. The SMILES string of the molecule is CC(C)(C)[Si](C)(C)OCC[C@@H]1NC(=O)O[C@@H]1c1cc(C(F)(F)F)cc(C(F)(F)F)c1. The predicted molar refractivity (Wildman–Crippen MR) is 100 cm³/mol. The molecule has 0 bridgehead atoms. The normalized spacial score (nSPS) is 20.8. The van der Waals surface area contributed by atoms with Crippen molar-refractivity contribution in [3.05, 3.63) is 34.9 Å². The summed E-state index contributed by atoms with van der Waals surface area (Å²) in [6, 6.07) is 0.402. The number of nitrogens with one attached hydrogen (secondary N) is 1.